The fraction of sp³-hybridized carbons (Fsp3) is 0.533. The number of rotatable bonds is 2. The summed E-state index contributed by atoms with van der Waals surface area (Å²) in [6, 6.07) is 6.42. The highest BCUT2D eigenvalue weighted by Crippen LogP contribution is 2.28. The third-order valence-electron chi connectivity index (χ3n) is 3.89. The van der Waals surface area contributed by atoms with Gasteiger partial charge in [0, 0.05) is 31.2 Å². The molecular weight excluding hydrogens is 240 g/mol. The van der Waals surface area contributed by atoms with Gasteiger partial charge in [0.25, 0.3) is 5.91 Å². The molecular formula is C15H20N2O2. The predicted octanol–water partition coefficient (Wildman–Crippen LogP) is 1.71. The standard InChI is InChI=1S/C15H20N2O2/c1-10(2)17-9-12-4-3-11(7-13(12)15(17)18)14-8-16-5-6-19-14/h3-4,7,10,14,16H,5-6,8-9H2,1-2H3. The molecule has 0 aromatic heterocycles. The third-order valence-corrected chi connectivity index (χ3v) is 3.89. The monoisotopic (exact) mass is 260 g/mol. The first-order chi connectivity index (χ1) is 9.16. The number of hydrogen-bond donors (Lipinski definition) is 1. The molecule has 3 rings (SSSR count). The fourth-order valence-corrected chi connectivity index (χ4v) is 2.74. The molecule has 1 fully saturated rings. The Morgan fingerprint density at radius 1 is 1.42 bits per heavy atom. The molecule has 1 unspecified atom stereocenters. The van der Waals surface area contributed by atoms with Gasteiger partial charge in [0.1, 0.15) is 0 Å². The van der Waals surface area contributed by atoms with E-state index in [2.05, 4.69) is 31.3 Å². The molecule has 0 radical (unpaired) electrons. The molecule has 1 aromatic rings. The SMILES string of the molecule is CC(C)N1Cc2ccc(C3CNCCO3)cc2C1=O. The molecule has 1 aromatic carbocycles. The number of ether oxygens (including phenoxy) is 1. The van der Waals surface area contributed by atoms with E-state index in [1.54, 1.807) is 0 Å². The van der Waals surface area contributed by atoms with E-state index in [1.807, 2.05) is 11.0 Å². The lowest BCUT2D eigenvalue weighted by molar-refractivity contribution is 0.0276. The van der Waals surface area contributed by atoms with Crippen LogP contribution in [0.3, 0.4) is 0 Å². The Kier molecular flexibility index (Phi) is 3.29. The van der Waals surface area contributed by atoms with Crippen molar-refractivity contribution in [3.63, 3.8) is 0 Å². The summed E-state index contributed by atoms with van der Waals surface area (Å²) in [5.41, 5.74) is 3.08. The summed E-state index contributed by atoms with van der Waals surface area (Å²) in [5, 5.41) is 3.32. The lowest BCUT2D eigenvalue weighted by atomic mass is 10.0. The first-order valence-corrected chi connectivity index (χ1v) is 6.93. The summed E-state index contributed by atoms with van der Waals surface area (Å²) in [7, 11) is 0. The Labute approximate surface area is 113 Å². The van der Waals surface area contributed by atoms with Gasteiger partial charge in [-0.1, -0.05) is 12.1 Å². The van der Waals surface area contributed by atoms with Crippen molar-refractivity contribution in [2.24, 2.45) is 0 Å². The van der Waals surface area contributed by atoms with Gasteiger partial charge in [0.15, 0.2) is 0 Å². The van der Waals surface area contributed by atoms with E-state index >= 15 is 0 Å². The minimum atomic E-state index is 0.0694. The van der Waals surface area contributed by atoms with E-state index in [0.717, 1.165) is 42.9 Å². The first kappa shape index (κ1) is 12.6. The number of nitrogens with one attached hydrogen (secondary N) is 1. The number of morpholine rings is 1. The molecule has 19 heavy (non-hydrogen) atoms. The van der Waals surface area contributed by atoms with E-state index < -0.39 is 0 Å². The molecule has 0 aliphatic carbocycles. The summed E-state index contributed by atoms with van der Waals surface area (Å²) in [5.74, 6) is 0.149. The van der Waals surface area contributed by atoms with Gasteiger partial charge >= 0.3 is 0 Å². The van der Waals surface area contributed by atoms with Gasteiger partial charge in [-0.2, -0.15) is 0 Å². The highest BCUT2D eigenvalue weighted by Gasteiger charge is 2.30. The van der Waals surface area contributed by atoms with Gasteiger partial charge in [0.05, 0.1) is 12.7 Å². The number of carbonyl (C=O) groups excluding carboxylic acids is 1. The molecule has 0 saturated carbocycles. The summed E-state index contributed by atoms with van der Waals surface area (Å²) < 4.78 is 5.75. The minimum Gasteiger partial charge on any atom is -0.371 e. The zero-order chi connectivity index (χ0) is 13.4. The molecule has 0 bridgehead atoms. The van der Waals surface area contributed by atoms with Crippen LogP contribution in [0.25, 0.3) is 0 Å². The Balaban J connectivity index is 1.87. The van der Waals surface area contributed by atoms with E-state index in [1.165, 1.54) is 0 Å². The van der Waals surface area contributed by atoms with E-state index in [4.69, 9.17) is 4.74 Å². The van der Waals surface area contributed by atoms with Gasteiger partial charge in [-0.3, -0.25) is 4.79 Å². The number of hydrogen-bond acceptors (Lipinski definition) is 3. The van der Waals surface area contributed by atoms with Crippen LogP contribution in [0.5, 0.6) is 0 Å². The molecule has 2 aliphatic rings. The van der Waals surface area contributed by atoms with Crippen LogP contribution in [0.15, 0.2) is 18.2 Å². The Morgan fingerprint density at radius 2 is 2.26 bits per heavy atom. The minimum absolute atomic E-state index is 0.0694. The third kappa shape index (κ3) is 2.26. The fourth-order valence-electron chi connectivity index (χ4n) is 2.74. The highest BCUT2D eigenvalue weighted by molar-refractivity contribution is 5.98. The van der Waals surface area contributed by atoms with Gasteiger partial charge in [-0.25, -0.2) is 0 Å². The van der Waals surface area contributed by atoms with Crippen LogP contribution in [-0.2, 0) is 11.3 Å². The van der Waals surface area contributed by atoms with Crippen LogP contribution in [0, 0.1) is 0 Å². The van der Waals surface area contributed by atoms with E-state index in [-0.39, 0.29) is 18.1 Å². The van der Waals surface area contributed by atoms with Crippen LogP contribution < -0.4 is 5.32 Å². The van der Waals surface area contributed by atoms with Crippen LogP contribution in [0.4, 0.5) is 0 Å². The van der Waals surface area contributed by atoms with Crippen molar-refractivity contribution < 1.29 is 9.53 Å². The average molecular weight is 260 g/mol. The number of fused-ring (bicyclic) bond motifs is 1. The molecule has 2 aliphatic heterocycles. The molecule has 2 heterocycles. The van der Waals surface area contributed by atoms with Gasteiger partial charge in [-0.15, -0.1) is 0 Å². The van der Waals surface area contributed by atoms with Crippen molar-refractivity contribution in [2.45, 2.75) is 32.5 Å². The molecule has 4 nitrogen and oxygen atoms in total. The van der Waals surface area contributed by atoms with Gasteiger partial charge in [0.2, 0.25) is 0 Å². The Hall–Kier alpha value is -1.39. The maximum absolute atomic E-state index is 12.3. The molecule has 102 valence electrons. The highest BCUT2D eigenvalue weighted by atomic mass is 16.5. The van der Waals surface area contributed by atoms with Crippen molar-refractivity contribution in [2.75, 3.05) is 19.7 Å². The zero-order valence-electron chi connectivity index (χ0n) is 11.5. The lowest BCUT2D eigenvalue weighted by Gasteiger charge is -2.24. The second kappa shape index (κ2) is 4.94. The first-order valence-electron chi connectivity index (χ1n) is 6.93. The van der Waals surface area contributed by atoms with Crippen LogP contribution in [0.1, 0.15) is 41.4 Å². The number of amides is 1. The van der Waals surface area contributed by atoms with Crippen LogP contribution in [-0.4, -0.2) is 36.5 Å². The van der Waals surface area contributed by atoms with Crippen molar-refractivity contribution in [3.05, 3.63) is 34.9 Å². The topological polar surface area (TPSA) is 41.6 Å². The molecule has 1 amide bonds. The largest absolute Gasteiger partial charge is 0.371 e. The van der Waals surface area contributed by atoms with Gasteiger partial charge in [-0.05, 0) is 31.0 Å². The summed E-state index contributed by atoms with van der Waals surface area (Å²) in [6.07, 6.45) is 0.0694. The van der Waals surface area contributed by atoms with E-state index in [0.29, 0.717) is 0 Å². The van der Waals surface area contributed by atoms with Crippen molar-refractivity contribution in [1.82, 2.24) is 10.2 Å². The van der Waals surface area contributed by atoms with E-state index in [9.17, 15) is 4.79 Å². The quantitative estimate of drug-likeness (QED) is 0.880. The predicted molar refractivity (Wildman–Crippen MR) is 73.0 cm³/mol. The Bertz CT molecular complexity index is 493. The maximum Gasteiger partial charge on any atom is 0.254 e. The normalized spacial score (nSPS) is 23.0. The molecule has 1 saturated heterocycles. The van der Waals surface area contributed by atoms with Crippen LogP contribution >= 0.6 is 0 Å². The van der Waals surface area contributed by atoms with Crippen molar-refractivity contribution >= 4 is 5.91 Å². The Morgan fingerprint density at radius 3 is 2.95 bits per heavy atom. The lowest BCUT2D eigenvalue weighted by Crippen LogP contribution is -2.33. The maximum atomic E-state index is 12.3. The summed E-state index contributed by atoms with van der Waals surface area (Å²) in [4.78, 5) is 14.3. The molecule has 1 atom stereocenters. The van der Waals surface area contributed by atoms with Crippen molar-refractivity contribution in [3.8, 4) is 0 Å². The zero-order valence-corrected chi connectivity index (χ0v) is 11.5. The molecule has 0 spiro atoms. The molecule has 1 N–H and O–H groups in total. The average Bonchev–Trinajstić information content (AvgIpc) is 2.77. The number of nitrogens with zero attached hydrogens (tertiary/aromatic N) is 1. The smallest absolute Gasteiger partial charge is 0.254 e. The second-order valence-electron chi connectivity index (χ2n) is 5.51. The summed E-state index contributed by atoms with van der Waals surface area (Å²) in [6.45, 7) is 7.30. The van der Waals surface area contributed by atoms with Crippen LogP contribution in [0.2, 0.25) is 0 Å². The number of carbonyl (C=O) groups is 1. The summed E-state index contributed by atoms with van der Waals surface area (Å²) >= 11 is 0. The number of benzene rings is 1. The van der Waals surface area contributed by atoms with Crippen molar-refractivity contribution in [1.29, 1.82) is 0 Å². The van der Waals surface area contributed by atoms with Gasteiger partial charge < -0.3 is 15.0 Å². The second-order valence-corrected chi connectivity index (χ2v) is 5.51. The molecule has 4 heteroatoms.